The summed E-state index contributed by atoms with van der Waals surface area (Å²) < 4.78 is 5.28. The van der Waals surface area contributed by atoms with Gasteiger partial charge >= 0.3 is 0 Å². The van der Waals surface area contributed by atoms with Crippen LogP contribution in [0.2, 0.25) is 0 Å². The summed E-state index contributed by atoms with van der Waals surface area (Å²) in [5.74, 6) is 2.88. The normalized spacial score (nSPS) is 23.8. The van der Waals surface area contributed by atoms with E-state index in [2.05, 4.69) is 10.1 Å². The molecule has 0 aliphatic heterocycles. The summed E-state index contributed by atoms with van der Waals surface area (Å²) in [6, 6.07) is 0.219. The van der Waals surface area contributed by atoms with Crippen molar-refractivity contribution in [2.75, 3.05) is 0 Å². The molecule has 1 aromatic heterocycles. The Balaban J connectivity index is 1.62. The highest BCUT2D eigenvalue weighted by molar-refractivity contribution is 4.99. The summed E-state index contributed by atoms with van der Waals surface area (Å²) >= 11 is 0. The second-order valence-corrected chi connectivity index (χ2v) is 5.23. The molecular formula is C12H19N3O. The second-order valence-electron chi connectivity index (χ2n) is 5.23. The molecule has 2 aliphatic rings. The molecule has 3 rings (SSSR count). The second kappa shape index (κ2) is 4.17. The molecule has 4 nitrogen and oxygen atoms in total. The van der Waals surface area contributed by atoms with E-state index < -0.39 is 0 Å². The van der Waals surface area contributed by atoms with Crippen LogP contribution in [-0.4, -0.2) is 16.2 Å². The van der Waals surface area contributed by atoms with Gasteiger partial charge in [0.2, 0.25) is 5.89 Å². The quantitative estimate of drug-likeness (QED) is 0.844. The van der Waals surface area contributed by atoms with Crippen molar-refractivity contribution in [1.29, 1.82) is 0 Å². The van der Waals surface area contributed by atoms with Gasteiger partial charge in [0, 0.05) is 18.4 Å². The Kier molecular flexibility index (Phi) is 2.67. The standard InChI is InChI=1S/C12H19N3O/c13-10(8-5-6-8)7-11-14-12(15-16-11)9-3-1-2-4-9/h8-10H,1-7,13H2. The Morgan fingerprint density at radius 1 is 1.25 bits per heavy atom. The van der Waals surface area contributed by atoms with E-state index >= 15 is 0 Å². The van der Waals surface area contributed by atoms with Gasteiger partial charge < -0.3 is 10.3 Å². The molecule has 0 radical (unpaired) electrons. The third-order valence-electron chi connectivity index (χ3n) is 3.84. The van der Waals surface area contributed by atoms with Gasteiger partial charge in [-0.2, -0.15) is 4.98 Å². The van der Waals surface area contributed by atoms with E-state index in [1.165, 1.54) is 38.5 Å². The van der Waals surface area contributed by atoms with Crippen molar-refractivity contribution in [3.05, 3.63) is 11.7 Å². The zero-order valence-corrected chi connectivity index (χ0v) is 9.56. The first-order chi connectivity index (χ1) is 7.83. The first-order valence-corrected chi connectivity index (χ1v) is 6.41. The highest BCUT2D eigenvalue weighted by Gasteiger charge is 2.30. The molecule has 0 spiro atoms. The van der Waals surface area contributed by atoms with Gasteiger partial charge in [-0.3, -0.25) is 0 Å². The van der Waals surface area contributed by atoms with E-state index in [-0.39, 0.29) is 6.04 Å². The highest BCUT2D eigenvalue weighted by atomic mass is 16.5. The molecule has 1 unspecified atom stereocenters. The van der Waals surface area contributed by atoms with Gasteiger partial charge in [0.15, 0.2) is 5.82 Å². The number of aromatic nitrogens is 2. The Morgan fingerprint density at radius 2 is 2.00 bits per heavy atom. The topological polar surface area (TPSA) is 64.9 Å². The van der Waals surface area contributed by atoms with Crippen LogP contribution in [-0.2, 0) is 6.42 Å². The lowest BCUT2D eigenvalue weighted by Crippen LogP contribution is -2.25. The van der Waals surface area contributed by atoms with Gasteiger partial charge in [0.1, 0.15) is 0 Å². The Hall–Kier alpha value is -0.900. The molecule has 88 valence electrons. The fourth-order valence-corrected chi connectivity index (χ4v) is 2.59. The molecule has 1 heterocycles. The van der Waals surface area contributed by atoms with Crippen LogP contribution >= 0.6 is 0 Å². The minimum Gasteiger partial charge on any atom is -0.339 e. The Morgan fingerprint density at radius 3 is 2.69 bits per heavy atom. The maximum Gasteiger partial charge on any atom is 0.228 e. The van der Waals surface area contributed by atoms with Crippen LogP contribution in [0.15, 0.2) is 4.52 Å². The largest absolute Gasteiger partial charge is 0.339 e. The van der Waals surface area contributed by atoms with E-state index in [4.69, 9.17) is 10.3 Å². The van der Waals surface area contributed by atoms with Crippen LogP contribution in [0.3, 0.4) is 0 Å². The van der Waals surface area contributed by atoms with Crippen LogP contribution in [0.5, 0.6) is 0 Å². The van der Waals surface area contributed by atoms with Crippen molar-refractivity contribution in [3.63, 3.8) is 0 Å². The van der Waals surface area contributed by atoms with Gasteiger partial charge in [-0.15, -0.1) is 0 Å². The summed E-state index contributed by atoms with van der Waals surface area (Å²) in [5.41, 5.74) is 6.05. The number of nitrogens with two attached hydrogens (primary N) is 1. The lowest BCUT2D eigenvalue weighted by atomic mass is 10.1. The predicted molar refractivity (Wildman–Crippen MR) is 59.9 cm³/mol. The fourth-order valence-electron chi connectivity index (χ4n) is 2.59. The molecule has 1 aromatic rings. The summed E-state index contributed by atoms with van der Waals surface area (Å²) in [4.78, 5) is 4.48. The Labute approximate surface area is 95.6 Å². The third-order valence-corrected chi connectivity index (χ3v) is 3.84. The average Bonchev–Trinajstić information content (AvgIpc) is 2.80. The smallest absolute Gasteiger partial charge is 0.228 e. The average molecular weight is 221 g/mol. The van der Waals surface area contributed by atoms with Crippen molar-refractivity contribution >= 4 is 0 Å². The van der Waals surface area contributed by atoms with Gasteiger partial charge in [0.05, 0.1) is 0 Å². The minimum absolute atomic E-state index is 0.219. The third kappa shape index (κ3) is 2.12. The summed E-state index contributed by atoms with van der Waals surface area (Å²) in [5, 5.41) is 4.09. The molecule has 0 bridgehead atoms. The zero-order chi connectivity index (χ0) is 11.0. The lowest BCUT2D eigenvalue weighted by molar-refractivity contribution is 0.356. The molecule has 2 saturated carbocycles. The van der Waals surface area contributed by atoms with Crippen molar-refractivity contribution in [2.24, 2.45) is 11.7 Å². The van der Waals surface area contributed by atoms with E-state index in [1.807, 2.05) is 0 Å². The van der Waals surface area contributed by atoms with Gasteiger partial charge in [0.25, 0.3) is 0 Å². The van der Waals surface area contributed by atoms with Gasteiger partial charge in [-0.25, -0.2) is 0 Å². The molecule has 1 atom stereocenters. The van der Waals surface area contributed by atoms with Crippen molar-refractivity contribution in [2.45, 2.75) is 56.9 Å². The molecule has 0 saturated heterocycles. The predicted octanol–water partition coefficient (Wildman–Crippen LogP) is 2.01. The number of rotatable bonds is 4. The molecule has 2 aliphatic carbocycles. The first kappa shape index (κ1) is 10.3. The Bertz CT molecular complexity index is 353. The van der Waals surface area contributed by atoms with E-state index in [0.29, 0.717) is 11.8 Å². The molecular weight excluding hydrogens is 202 g/mol. The molecule has 4 heteroatoms. The first-order valence-electron chi connectivity index (χ1n) is 6.41. The van der Waals surface area contributed by atoms with Gasteiger partial charge in [-0.05, 0) is 31.6 Å². The van der Waals surface area contributed by atoms with Crippen LogP contribution in [0.25, 0.3) is 0 Å². The zero-order valence-electron chi connectivity index (χ0n) is 9.56. The number of nitrogens with zero attached hydrogens (tertiary/aromatic N) is 2. The maximum absolute atomic E-state index is 6.05. The summed E-state index contributed by atoms with van der Waals surface area (Å²) in [7, 11) is 0. The molecule has 16 heavy (non-hydrogen) atoms. The molecule has 2 N–H and O–H groups in total. The van der Waals surface area contributed by atoms with Crippen molar-refractivity contribution < 1.29 is 4.52 Å². The number of hydrogen-bond donors (Lipinski definition) is 1. The van der Waals surface area contributed by atoms with Crippen molar-refractivity contribution in [1.82, 2.24) is 10.1 Å². The number of hydrogen-bond acceptors (Lipinski definition) is 4. The summed E-state index contributed by atoms with van der Waals surface area (Å²) in [6.07, 6.45) is 8.33. The van der Waals surface area contributed by atoms with Gasteiger partial charge in [-0.1, -0.05) is 18.0 Å². The maximum atomic E-state index is 6.05. The molecule has 0 amide bonds. The van der Waals surface area contributed by atoms with E-state index in [0.717, 1.165) is 18.1 Å². The molecule has 0 aromatic carbocycles. The molecule has 2 fully saturated rings. The van der Waals surface area contributed by atoms with Crippen LogP contribution < -0.4 is 5.73 Å². The summed E-state index contributed by atoms with van der Waals surface area (Å²) in [6.45, 7) is 0. The SMILES string of the molecule is NC(Cc1nc(C2CCCC2)no1)C1CC1. The van der Waals surface area contributed by atoms with E-state index in [9.17, 15) is 0 Å². The fraction of sp³-hybridized carbons (Fsp3) is 0.833. The monoisotopic (exact) mass is 221 g/mol. The minimum atomic E-state index is 0.219. The van der Waals surface area contributed by atoms with Crippen LogP contribution in [0, 0.1) is 5.92 Å². The van der Waals surface area contributed by atoms with Crippen molar-refractivity contribution in [3.8, 4) is 0 Å². The lowest BCUT2D eigenvalue weighted by Gasteiger charge is -2.05. The van der Waals surface area contributed by atoms with Crippen LogP contribution in [0.1, 0.15) is 56.2 Å². The van der Waals surface area contributed by atoms with Crippen LogP contribution in [0.4, 0.5) is 0 Å². The van der Waals surface area contributed by atoms with E-state index in [1.54, 1.807) is 0 Å². The highest BCUT2D eigenvalue weighted by Crippen LogP contribution is 2.34.